The first-order chi connectivity index (χ1) is 21.3. The van der Waals surface area contributed by atoms with E-state index in [1.165, 1.54) is 12.7 Å². The first kappa shape index (κ1) is 31.6. The molecular weight excluding hydrogens is 548 g/mol. The van der Waals surface area contributed by atoms with Crippen molar-refractivity contribution in [2.24, 2.45) is 29.4 Å². The summed E-state index contributed by atoms with van der Waals surface area (Å²) in [6.07, 6.45) is 13.5. The van der Waals surface area contributed by atoms with Gasteiger partial charge in [0.25, 0.3) is 0 Å². The maximum absolute atomic E-state index is 13.9. The summed E-state index contributed by atoms with van der Waals surface area (Å²) in [5.41, 5.74) is 10.0. The normalized spacial score (nSPS) is 27.2. The molecule has 0 saturated heterocycles. The van der Waals surface area contributed by atoms with Gasteiger partial charge in [0.2, 0.25) is 0 Å². The Bertz CT molecular complexity index is 1450. The molecule has 2 aromatic carbocycles. The van der Waals surface area contributed by atoms with Crippen LogP contribution in [0.4, 0.5) is 0 Å². The first-order valence-corrected chi connectivity index (χ1v) is 16.2. The lowest BCUT2D eigenvalue weighted by molar-refractivity contribution is -0.130. The minimum atomic E-state index is -0.319. The molecular formula is C38H46N2O4. The molecule has 0 radical (unpaired) electrons. The molecule has 1 aliphatic heterocycles. The van der Waals surface area contributed by atoms with Gasteiger partial charge in [-0.15, -0.1) is 0 Å². The molecule has 2 aromatic rings. The van der Waals surface area contributed by atoms with Crippen LogP contribution in [0.5, 0.6) is 11.5 Å². The quantitative estimate of drug-likeness (QED) is 0.248. The number of Topliss-reactive ketones (excluding diaryl/α,β-unsaturated/α-hetero) is 2. The van der Waals surface area contributed by atoms with Crippen LogP contribution in [-0.2, 0) is 16.0 Å². The first-order valence-electron chi connectivity index (χ1n) is 16.2. The van der Waals surface area contributed by atoms with Gasteiger partial charge in [-0.3, -0.25) is 9.59 Å². The molecule has 6 atom stereocenters. The van der Waals surface area contributed by atoms with E-state index in [1.54, 1.807) is 6.07 Å². The average molecular weight is 595 g/mol. The Morgan fingerprint density at radius 3 is 2.59 bits per heavy atom. The largest absolute Gasteiger partial charge is 0.504 e. The number of unbranched alkanes of at least 4 members (excludes halogenated alkanes) is 1. The van der Waals surface area contributed by atoms with Crippen LogP contribution in [0.1, 0.15) is 87.3 Å². The molecule has 232 valence electrons. The number of aromatic hydroxyl groups is 1. The lowest BCUT2D eigenvalue weighted by Gasteiger charge is -2.24. The summed E-state index contributed by atoms with van der Waals surface area (Å²) in [5.74, 6) is 7.73. The van der Waals surface area contributed by atoms with Crippen LogP contribution < -0.4 is 15.8 Å². The van der Waals surface area contributed by atoms with Crippen LogP contribution in [0.25, 0.3) is 0 Å². The Balaban J connectivity index is 1.59. The van der Waals surface area contributed by atoms with Crippen molar-refractivity contribution in [1.82, 2.24) is 5.32 Å². The summed E-state index contributed by atoms with van der Waals surface area (Å²) >= 11 is 0. The monoisotopic (exact) mass is 594 g/mol. The molecule has 0 aromatic heterocycles. The second kappa shape index (κ2) is 14.8. The fourth-order valence-corrected chi connectivity index (χ4v) is 7.26. The molecule has 1 heterocycles. The number of carbonyl (C=O) groups is 2. The number of phenols is 1. The predicted octanol–water partition coefficient (Wildman–Crippen LogP) is 6.57. The second-order valence-corrected chi connectivity index (χ2v) is 12.8. The van der Waals surface area contributed by atoms with Gasteiger partial charge in [-0.1, -0.05) is 74.4 Å². The van der Waals surface area contributed by atoms with Crippen LogP contribution in [0.2, 0.25) is 0 Å². The van der Waals surface area contributed by atoms with Crippen molar-refractivity contribution in [3.63, 3.8) is 0 Å². The zero-order chi connectivity index (χ0) is 31.1. The highest BCUT2D eigenvalue weighted by atomic mass is 16.5. The number of carbonyl (C=O) groups excluding carboxylic acids is 2. The molecule has 0 spiro atoms. The van der Waals surface area contributed by atoms with Crippen LogP contribution in [0.3, 0.4) is 0 Å². The van der Waals surface area contributed by atoms with Gasteiger partial charge in [0.15, 0.2) is 11.5 Å². The van der Waals surface area contributed by atoms with E-state index in [9.17, 15) is 14.7 Å². The van der Waals surface area contributed by atoms with E-state index in [-0.39, 0.29) is 54.1 Å². The Hall–Kier alpha value is -3.82. The summed E-state index contributed by atoms with van der Waals surface area (Å²) in [4.78, 5) is 27.2. The number of benzene rings is 2. The van der Waals surface area contributed by atoms with Crippen molar-refractivity contribution < 1.29 is 19.4 Å². The SMILES string of the molecule is CCCC[C@H]1C[C@H](CC2=CNC(N)C=C2)C[C@H]2C#C[C@H](c3ccccc3)c3cc(O)c(OC)cc3CCC(=O)CC(=O)[C@@H]2C1. The number of aryl methyl sites for hydroxylation is 1. The number of phenolic OH excluding ortho intramolecular Hbond substituents is 1. The number of nitrogens with one attached hydrogen (secondary N) is 1. The summed E-state index contributed by atoms with van der Waals surface area (Å²) in [6.45, 7) is 2.21. The van der Waals surface area contributed by atoms with Crippen molar-refractivity contribution in [3.8, 4) is 23.3 Å². The fourth-order valence-electron chi connectivity index (χ4n) is 7.26. The molecule has 6 heteroatoms. The minimum absolute atomic E-state index is 0.0395. The highest BCUT2D eigenvalue weighted by molar-refractivity contribution is 6.00. The lowest BCUT2D eigenvalue weighted by atomic mass is 9.78. The van der Waals surface area contributed by atoms with Gasteiger partial charge in [0.1, 0.15) is 11.6 Å². The summed E-state index contributed by atoms with van der Waals surface area (Å²) in [5, 5.41) is 14.1. The molecule has 1 fully saturated rings. The zero-order valence-electron chi connectivity index (χ0n) is 26.1. The lowest BCUT2D eigenvalue weighted by Crippen LogP contribution is -2.33. The van der Waals surface area contributed by atoms with Crippen molar-refractivity contribution in [2.45, 2.75) is 83.2 Å². The average Bonchev–Trinajstić information content (AvgIpc) is 3.19. The summed E-state index contributed by atoms with van der Waals surface area (Å²) < 4.78 is 5.43. The highest BCUT2D eigenvalue weighted by Gasteiger charge is 2.37. The molecule has 1 saturated carbocycles. The van der Waals surface area contributed by atoms with Gasteiger partial charge >= 0.3 is 0 Å². The smallest absolute Gasteiger partial charge is 0.160 e. The number of hydrogen-bond donors (Lipinski definition) is 3. The van der Waals surface area contributed by atoms with Crippen molar-refractivity contribution in [2.75, 3.05) is 7.11 Å². The van der Waals surface area contributed by atoms with E-state index in [0.29, 0.717) is 24.0 Å². The van der Waals surface area contributed by atoms with E-state index in [4.69, 9.17) is 10.5 Å². The maximum atomic E-state index is 13.9. The summed E-state index contributed by atoms with van der Waals surface area (Å²) in [7, 11) is 1.52. The number of dihydropyridines is 1. The number of fused-ring (bicyclic) bond motifs is 2. The van der Waals surface area contributed by atoms with Crippen LogP contribution in [-0.4, -0.2) is 29.9 Å². The van der Waals surface area contributed by atoms with Crippen LogP contribution in [0, 0.1) is 35.5 Å². The Morgan fingerprint density at radius 2 is 1.86 bits per heavy atom. The third-order valence-electron chi connectivity index (χ3n) is 9.55. The van der Waals surface area contributed by atoms with Gasteiger partial charge in [-0.05, 0) is 84.4 Å². The van der Waals surface area contributed by atoms with E-state index in [1.807, 2.05) is 36.5 Å². The van der Waals surface area contributed by atoms with Crippen molar-refractivity contribution in [3.05, 3.63) is 83.1 Å². The second-order valence-electron chi connectivity index (χ2n) is 12.8. The molecule has 3 aliphatic rings. The number of rotatable bonds is 7. The van der Waals surface area contributed by atoms with Crippen molar-refractivity contribution >= 4 is 11.6 Å². The number of hydrogen-bond acceptors (Lipinski definition) is 6. The standard InChI is InChI=1S/C38H46N2O4/c1-3-4-8-25-17-27(18-26-11-16-38(39)40-24-26)19-29-13-15-32(28-9-6-5-7-10-28)33-23-36(43)37(44-2)21-30(33)12-14-31(41)22-35(42)34(29)20-25/h5-7,9-11,16,21,23-25,27,29,32,34,38,40,43H,3-4,8,12,14,17-20,22,39H2,1-2H3/t25-,27+,29+,32+,34+,38?/m0/s1. The molecule has 44 heavy (non-hydrogen) atoms. The van der Waals surface area contributed by atoms with Gasteiger partial charge in [-0.2, -0.15) is 0 Å². The molecule has 6 nitrogen and oxygen atoms in total. The number of nitrogens with two attached hydrogens (primary N) is 1. The minimum Gasteiger partial charge on any atom is -0.504 e. The molecule has 0 bridgehead atoms. The van der Waals surface area contributed by atoms with E-state index < -0.39 is 0 Å². The number of methoxy groups -OCH3 is 1. The van der Waals surface area contributed by atoms with E-state index in [0.717, 1.165) is 61.6 Å². The Labute approximate surface area is 262 Å². The van der Waals surface area contributed by atoms with Crippen LogP contribution in [0.15, 0.2) is 66.4 Å². The van der Waals surface area contributed by atoms with Gasteiger partial charge in [-0.25, -0.2) is 0 Å². The fraction of sp³-hybridized carbons (Fsp3) is 0.474. The predicted molar refractivity (Wildman–Crippen MR) is 174 cm³/mol. The van der Waals surface area contributed by atoms with E-state index >= 15 is 0 Å². The zero-order valence-corrected chi connectivity index (χ0v) is 26.1. The maximum Gasteiger partial charge on any atom is 0.160 e. The Kier molecular flexibility index (Phi) is 10.6. The third kappa shape index (κ3) is 7.81. The number of ether oxygens (including phenoxy) is 1. The topological polar surface area (TPSA) is 102 Å². The molecule has 4 N–H and O–H groups in total. The van der Waals surface area contributed by atoms with Gasteiger partial charge in [0.05, 0.1) is 25.6 Å². The highest BCUT2D eigenvalue weighted by Crippen LogP contribution is 2.42. The molecule has 5 rings (SSSR count). The molecule has 1 unspecified atom stereocenters. The van der Waals surface area contributed by atoms with Crippen LogP contribution >= 0.6 is 0 Å². The third-order valence-corrected chi connectivity index (χ3v) is 9.55. The van der Waals surface area contributed by atoms with E-state index in [2.05, 4.69) is 42.3 Å². The summed E-state index contributed by atoms with van der Waals surface area (Å²) in [6, 6.07) is 13.6. The Morgan fingerprint density at radius 1 is 1.05 bits per heavy atom. The van der Waals surface area contributed by atoms with Crippen molar-refractivity contribution in [1.29, 1.82) is 0 Å². The molecule has 0 amide bonds. The van der Waals surface area contributed by atoms with Gasteiger partial charge in [0, 0.05) is 24.5 Å². The molecule has 2 aliphatic carbocycles. The van der Waals surface area contributed by atoms with Gasteiger partial charge < -0.3 is 20.9 Å². The number of allylic oxidation sites excluding steroid dienone is 2. The number of ketones is 2.